The van der Waals surface area contributed by atoms with Crippen LogP contribution in [-0.4, -0.2) is 42.6 Å². The van der Waals surface area contributed by atoms with Crippen molar-refractivity contribution < 1.29 is 4.74 Å². The topological polar surface area (TPSA) is 60.1 Å². The largest absolute Gasteiger partial charge is 0.361 e. The summed E-state index contributed by atoms with van der Waals surface area (Å²) in [4.78, 5) is 1.97. The summed E-state index contributed by atoms with van der Waals surface area (Å²) in [5.41, 5.74) is 0. The van der Waals surface area contributed by atoms with Crippen molar-refractivity contribution in [2.45, 2.75) is 11.5 Å². The number of alkyl halides is 1. The van der Waals surface area contributed by atoms with E-state index in [0.717, 1.165) is 6.54 Å². The fourth-order valence-corrected chi connectivity index (χ4v) is 1.41. The molecule has 0 aliphatic carbocycles. The van der Waals surface area contributed by atoms with Crippen LogP contribution in [-0.2, 0) is 4.74 Å². The number of hydrogen-bond donors (Lipinski definition) is 0. The van der Waals surface area contributed by atoms with Gasteiger partial charge >= 0.3 is 0 Å². The summed E-state index contributed by atoms with van der Waals surface area (Å²) in [6, 6.07) is 3.98. The van der Waals surface area contributed by atoms with Crippen LogP contribution in [0.3, 0.4) is 0 Å². The molecule has 70 valence electrons. The van der Waals surface area contributed by atoms with E-state index in [1.807, 2.05) is 17.0 Å². The van der Waals surface area contributed by atoms with E-state index in [4.69, 9.17) is 26.9 Å². The van der Waals surface area contributed by atoms with Crippen LogP contribution in [0.15, 0.2) is 0 Å². The molecule has 0 spiro atoms. The predicted octanol–water partition coefficient (Wildman–Crippen LogP) is 0.342. The molecule has 13 heavy (non-hydrogen) atoms. The molecule has 0 aromatic carbocycles. The van der Waals surface area contributed by atoms with E-state index in [0.29, 0.717) is 19.7 Å². The van der Waals surface area contributed by atoms with Gasteiger partial charge in [-0.25, -0.2) is 0 Å². The van der Waals surface area contributed by atoms with Crippen molar-refractivity contribution >= 4 is 11.6 Å². The SMILES string of the molecule is N#CC(Cl)CN1CCOC(C#N)C1. The highest BCUT2D eigenvalue weighted by Gasteiger charge is 2.21. The van der Waals surface area contributed by atoms with Crippen molar-refractivity contribution in [2.75, 3.05) is 26.2 Å². The van der Waals surface area contributed by atoms with Gasteiger partial charge in [-0.3, -0.25) is 4.90 Å². The maximum atomic E-state index is 8.60. The Morgan fingerprint density at radius 2 is 2.38 bits per heavy atom. The first-order valence-corrected chi connectivity index (χ1v) is 4.47. The number of nitriles is 2. The molecule has 1 aliphatic rings. The minimum absolute atomic E-state index is 0.378. The molecule has 0 radical (unpaired) electrons. The second-order valence-electron chi connectivity index (χ2n) is 2.84. The van der Waals surface area contributed by atoms with E-state index < -0.39 is 5.38 Å². The maximum absolute atomic E-state index is 8.60. The summed E-state index contributed by atoms with van der Waals surface area (Å²) in [7, 11) is 0. The quantitative estimate of drug-likeness (QED) is 0.602. The van der Waals surface area contributed by atoms with E-state index >= 15 is 0 Å². The average molecular weight is 200 g/mol. The lowest BCUT2D eigenvalue weighted by Gasteiger charge is -2.29. The van der Waals surface area contributed by atoms with Gasteiger partial charge in [-0.15, -0.1) is 11.6 Å². The minimum Gasteiger partial charge on any atom is -0.361 e. The monoisotopic (exact) mass is 199 g/mol. The molecule has 0 bridgehead atoms. The number of morpholine rings is 1. The summed E-state index contributed by atoms with van der Waals surface area (Å²) in [5, 5.41) is 16.6. The number of hydrogen-bond acceptors (Lipinski definition) is 4. The predicted molar refractivity (Wildman–Crippen MR) is 47.0 cm³/mol. The molecule has 4 nitrogen and oxygen atoms in total. The normalized spacial score (nSPS) is 25.9. The number of rotatable bonds is 2. The Labute approximate surface area is 82.2 Å². The number of ether oxygens (including phenoxy) is 1. The molecule has 0 amide bonds. The summed E-state index contributed by atoms with van der Waals surface area (Å²) in [6.07, 6.45) is -0.378. The zero-order valence-corrected chi connectivity index (χ0v) is 7.87. The lowest BCUT2D eigenvalue weighted by molar-refractivity contribution is 0.00174. The van der Waals surface area contributed by atoms with Gasteiger partial charge < -0.3 is 4.74 Å². The van der Waals surface area contributed by atoms with Crippen molar-refractivity contribution in [1.82, 2.24) is 4.90 Å². The molecule has 0 N–H and O–H groups in total. The van der Waals surface area contributed by atoms with Crippen LogP contribution in [0.5, 0.6) is 0 Å². The van der Waals surface area contributed by atoms with Crippen LogP contribution in [0.2, 0.25) is 0 Å². The summed E-state index contributed by atoms with van der Waals surface area (Å²) in [6.45, 7) is 2.32. The van der Waals surface area contributed by atoms with Crippen LogP contribution in [0.1, 0.15) is 0 Å². The third-order valence-corrected chi connectivity index (χ3v) is 2.09. The van der Waals surface area contributed by atoms with Gasteiger partial charge in [-0.2, -0.15) is 10.5 Å². The fourth-order valence-electron chi connectivity index (χ4n) is 1.21. The van der Waals surface area contributed by atoms with E-state index in [2.05, 4.69) is 0 Å². The highest BCUT2D eigenvalue weighted by Crippen LogP contribution is 2.06. The Balaban J connectivity index is 2.36. The molecule has 2 unspecified atom stereocenters. The molecule has 1 aliphatic heterocycles. The molecule has 0 aromatic rings. The molecule has 5 heteroatoms. The minimum atomic E-state index is -0.502. The van der Waals surface area contributed by atoms with Crippen molar-refractivity contribution in [3.05, 3.63) is 0 Å². The molecular formula is C8H10ClN3O. The molecular weight excluding hydrogens is 190 g/mol. The fraction of sp³-hybridized carbons (Fsp3) is 0.750. The Kier molecular flexibility index (Phi) is 3.98. The number of nitrogens with zero attached hydrogens (tertiary/aromatic N) is 3. The van der Waals surface area contributed by atoms with E-state index in [1.54, 1.807) is 0 Å². The molecule has 1 saturated heterocycles. The van der Waals surface area contributed by atoms with Crippen molar-refractivity contribution in [3.63, 3.8) is 0 Å². The zero-order chi connectivity index (χ0) is 9.68. The first-order chi connectivity index (χ1) is 6.26. The summed E-state index contributed by atoms with van der Waals surface area (Å²) < 4.78 is 5.14. The first kappa shape index (κ1) is 10.3. The smallest absolute Gasteiger partial charge is 0.156 e. The van der Waals surface area contributed by atoms with Crippen molar-refractivity contribution in [1.29, 1.82) is 10.5 Å². The summed E-state index contributed by atoms with van der Waals surface area (Å²) in [5.74, 6) is 0. The molecule has 1 rings (SSSR count). The van der Waals surface area contributed by atoms with E-state index in [-0.39, 0.29) is 6.10 Å². The van der Waals surface area contributed by atoms with Gasteiger partial charge in [0.05, 0.1) is 18.7 Å². The molecule has 1 heterocycles. The highest BCUT2D eigenvalue weighted by atomic mass is 35.5. The second-order valence-corrected chi connectivity index (χ2v) is 3.37. The van der Waals surface area contributed by atoms with Gasteiger partial charge in [0.25, 0.3) is 0 Å². The van der Waals surface area contributed by atoms with E-state index in [9.17, 15) is 0 Å². The standard InChI is InChI=1S/C8H10ClN3O/c9-7(3-10)5-12-1-2-13-8(4-11)6-12/h7-8H,1-2,5-6H2. The zero-order valence-electron chi connectivity index (χ0n) is 7.11. The van der Waals surface area contributed by atoms with Crippen LogP contribution in [0.25, 0.3) is 0 Å². The molecule has 2 atom stereocenters. The van der Waals surface area contributed by atoms with Gasteiger partial charge in [0.15, 0.2) is 6.10 Å². The van der Waals surface area contributed by atoms with Crippen molar-refractivity contribution in [2.24, 2.45) is 0 Å². The van der Waals surface area contributed by atoms with Gasteiger partial charge in [0.2, 0.25) is 0 Å². The van der Waals surface area contributed by atoms with Crippen LogP contribution < -0.4 is 0 Å². The molecule has 0 aromatic heterocycles. The molecule has 1 fully saturated rings. The second kappa shape index (κ2) is 5.04. The Morgan fingerprint density at radius 3 is 3.00 bits per heavy atom. The van der Waals surface area contributed by atoms with Crippen LogP contribution in [0.4, 0.5) is 0 Å². The van der Waals surface area contributed by atoms with Gasteiger partial charge in [-0.1, -0.05) is 0 Å². The first-order valence-electron chi connectivity index (χ1n) is 4.03. The molecule has 0 saturated carbocycles. The number of halogens is 1. The third-order valence-electron chi connectivity index (χ3n) is 1.85. The van der Waals surface area contributed by atoms with Crippen LogP contribution >= 0.6 is 11.6 Å². The average Bonchev–Trinajstić information content (AvgIpc) is 2.18. The maximum Gasteiger partial charge on any atom is 0.156 e. The lowest BCUT2D eigenvalue weighted by atomic mass is 10.3. The van der Waals surface area contributed by atoms with Gasteiger partial charge in [-0.05, 0) is 0 Å². The Bertz CT molecular complexity index is 243. The summed E-state index contributed by atoms with van der Waals surface area (Å²) >= 11 is 5.66. The van der Waals surface area contributed by atoms with Crippen LogP contribution in [0, 0.1) is 22.7 Å². The van der Waals surface area contributed by atoms with Gasteiger partial charge in [0.1, 0.15) is 5.38 Å². The Hall–Kier alpha value is -0.810. The van der Waals surface area contributed by atoms with E-state index in [1.165, 1.54) is 0 Å². The third kappa shape index (κ3) is 3.20. The van der Waals surface area contributed by atoms with Crippen molar-refractivity contribution in [3.8, 4) is 12.1 Å². The Morgan fingerprint density at radius 1 is 1.62 bits per heavy atom. The highest BCUT2D eigenvalue weighted by molar-refractivity contribution is 6.22. The lowest BCUT2D eigenvalue weighted by Crippen LogP contribution is -2.44. The van der Waals surface area contributed by atoms with Gasteiger partial charge in [0, 0.05) is 19.6 Å².